The maximum Gasteiger partial charge on any atom is 0.305 e. The lowest BCUT2D eigenvalue weighted by molar-refractivity contribution is -0.140. The Kier molecular flexibility index (Phi) is 10.7. The van der Waals surface area contributed by atoms with E-state index in [0.717, 1.165) is 32.1 Å². The number of rotatable bonds is 13. The van der Waals surface area contributed by atoms with E-state index in [9.17, 15) is 4.79 Å². The molecule has 22 heavy (non-hydrogen) atoms. The van der Waals surface area contributed by atoms with Crippen LogP contribution in [-0.4, -0.2) is 25.3 Å². The van der Waals surface area contributed by atoms with Gasteiger partial charge in [-0.2, -0.15) is 0 Å². The molecule has 0 aromatic rings. The molecule has 1 aliphatic rings. The summed E-state index contributed by atoms with van der Waals surface area (Å²) in [6.45, 7) is 2.15. The van der Waals surface area contributed by atoms with E-state index in [1.165, 1.54) is 32.8 Å². The molecule has 0 amide bonds. The molecule has 0 bridgehead atoms. The number of allylic oxidation sites excluding steroid dienone is 3. The number of esters is 1. The summed E-state index contributed by atoms with van der Waals surface area (Å²) in [4.78, 5) is 10.9. The fourth-order valence-corrected chi connectivity index (χ4v) is 2.56. The summed E-state index contributed by atoms with van der Waals surface area (Å²) in [5.74, 6) is -0.0903. The van der Waals surface area contributed by atoms with Crippen LogP contribution in [0.5, 0.6) is 0 Å². The summed E-state index contributed by atoms with van der Waals surface area (Å²) < 4.78 is 10.3. The lowest BCUT2D eigenvalue weighted by atomic mass is 10.1. The molecule has 1 fully saturated rings. The van der Waals surface area contributed by atoms with E-state index < -0.39 is 0 Å². The summed E-state index contributed by atoms with van der Waals surface area (Å²) >= 11 is 0. The second-order valence-electron chi connectivity index (χ2n) is 5.92. The molecule has 0 radical (unpaired) electrons. The summed E-state index contributed by atoms with van der Waals surface area (Å²) in [6, 6.07) is 0. The molecule has 0 N–H and O–H groups in total. The molecular weight excluding hydrogens is 276 g/mol. The molecular formula is C19H32O3. The largest absolute Gasteiger partial charge is 0.469 e. The van der Waals surface area contributed by atoms with Crippen molar-refractivity contribution in [2.45, 2.75) is 83.3 Å². The van der Waals surface area contributed by atoms with Gasteiger partial charge < -0.3 is 9.47 Å². The van der Waals surface area contributed by atoms with E-state index in [-0.39, 0.29) is 5.97 Å². The second-order valence-corrected chi connectivity index (χ2v) is 5.92. The number of hydrogen-bond donors (Lipinski definition) is 0. The van der Waals surface area contributed by atoms with Crippen molar-refractivity contribution < 1.29 is 14.3 Å². The Morgan fingerprint density at radius 3 is 2.50 bits per heavy atom. The fourth-order valence-electron chi connectivity index (χ4n) is 2.56. The third-order valence-electron chi connectivity index (χ3n) is 3.99. The summed E-state index contributed by atoms with van der Waals surface area (Å²) in [7, 11) is 1.45. The smallest absolute Gasteiger partial charge is 0.305 e. The van der Waals surface area contributed by atoms with Crippen LogP contribution in [0.25, 0.3) is 0 Å². The Morgan fingerprint density at radius 2 is 1.73 bits per heavy atom. The first-order valence-corrected chi connectivity index (χ1v) is 8.80. The third kappa shape index (κ3) is 9.78. The molecule has 0 aromatic carbocycles. The van der Waals surface area contributed by atoms with Crippen molar-refractivity contribution in [3.05, 3.63) is 24.3 Å². The Labute approximate surface area is 135 Å². The van der Waals surface area contributed by atoms with Crippen LogP contribution < -0.4 is 0 Å². The van der Waals surface area contributed by atoms with E-state index in [1.807, 2.05) is 0 Å². The Bertz CT molecular complexity index is 347. The normalized spacial score (nSPS) is 20.8. The van der Waals surface area contributed by atoms with Gasteiger partial charge in [0.15, 0.2) is 0 Å². The minimum absolute atomic E-state index is 0.0903. The van der Waals surface area contributed by atoms with Gasteiger partial charge in [-0.3, -0.25) is 4.79 Å². The van der Waals surface area contributed by atoms with Crippen LogP contribution >= 0.6 is 0 Å². The second kappa shape index (κ2) is 12.5. The standard InChI is InChI=1S/C19H32O3/c1-3-4-5-6-8-11-14-17-18(22-17)15-12-9-7-10-13-16-19(20)21-2/h4-5,8,11,17-18H,3,6-7,9-10,12-16H2,1-2H3/b5-4-,11-8-. The number of unbranched alkanes of at least 4 members (excludes halogenated alkanes) is 4. The summed E-state index contributed by atoms with van der Waals surface area (Å²) in [5.41, 5.74) is 0. The molecule has 1 aliphatic heterocycles. The molecule has 0 aromatic heterocycles. The van der Waals surface area contributed by atoms with Crippen LogP contribution in [-0.2, 0) is 14.3 Å². The predicted octanol–water partition coefficient (Wildman–Crippen LogP) is 4.96. The predicted molar refractivity (Wildman–Crippen MR) is 90.8 cm³/mol. The molecule has 3 nitrogen and oxygen atoms in total. The molecule has 0 saturated carbocycles. The van der Waals surface area contributed by atoms with Crippen LogP contribution in [0, 0.1) is 0 Å². The van der Waals surface area contributed by atoms with Crippen molar-refractivity contribution in [3.63, 3.8) is 0 Å². The number of carbonyl (C=O) groups is 1. The number of epoxide rings is 1. The highest BCUT2D eigenvalue weighted by Crippen LogP contribution is 2.30. The zero-order chi connectivity index (χ0) is 16.0. The molecule has 1 heterocycles. The maximum atomic E-state index is 10.9. The molecule has 0 aliphatic carbocycles. The average molecular weight is 308 g/mol. The topological polar surface area (TPSA) is 38.8 Å². The maximum absolute atomic E-state index is 10.9. The zero-order valence-corrected chi connectivity index (χ0v) is 14.3. The first kappa shape index (κ1) is 19.0. The molecule has 3 heteroatoms. The van der Waals surface area contributed by atoms with Gasteiger partial charge in [-0.15, -0.1) is 0 Å². The minimum Gasteiger partial charge on any atom is -0.469 e. The van der Waals surface area contributed by atoms with Gasteiger partial charge in [0.25, 0.3) is 0 Å². The SMILES string of the molecule is CC/C=C\C/C=C\CC1OC1CCCCCCCC(=O)OC. The summed E-state index contributed by atoms with van der Waals surface area (Å²) in [6.07, 6.45) is 20.6. The number of carbonyl (C=O) groups excluding carboxylic acids is 1. The number of ether oxygens (including phenoxy) is 2. The molecule has 2 atom stereocenters. The zero-order valence-electron chi connectivity index (χ0n) is 14.3. The van der Waals surface area contributed by atoms with E-state index >= 15 is 0 Å². The van der Waals surface area contributed by atoms with Gasteiger partial charge in [0.1, 0.15) is 0 Å². The van der Waals surface area contributed by atoms with Crippen molar-refractivity contribution in [2.24, 2.45) is 0 Å². The summed E-state index contributed by atoms with van der Waals surface area (Å²) in [5, 5.41) is 0. The highest BCUT2D eigenvalue weighted by atomic mass is 16.6. The first-order chi connectivity index (χ1) is 10.8. The van der Waals surface area contributed by atoms with Crippen LogP contribution in [0.15, 0.2) is 24.3 Å². The lowest BCUT2D eigenvalue weighted by Gasteiger charge is -2.00. The Balaban J connectivity index is 1.85. The lowest BCUT2D eigenvalue weighted by Crippen LogP contribution is -1.99. The van der Waals surface area contributed by atoms with Crippen LogP contribution in [0.4, 0.5) is 0 Å². The van der Waals surface area contributed by atoms with Gasteiger partial charge in [0.2, 0.25) is 0 Å². The third-order valence-corrected chi connectivity index (χ3v) is 3.99. The van der Waals surface area contributed by atoms with Crippen molar-refractivity contribution in [1.82, 2.24) is 0 Å². The van der Waals surface area contributed by atoms with Crippen LogP contribution in [0.3, 0.4) is 0 Å². The molecule has 0 spiro atoms. The average Bonchev–Trinajstić information content (AvgIpc) is 3.28. The highest BCUT2D eigenvalue weighted by molar-refractivity contribution is 5.68. The van der Waals surface area contributed by atoms with Crippen molar-refractivity contribution in [3.8, 4) is 0 Å². The molecule has 1 saturated heterocycles. The Morgan fingerprint density at radius 1 is 1.00 bits per heavy atom. The van der Waals surface area contributed by atoms with Crippen LogP contribution in [0.1, 0.15) is 71.1 Å². The van der Waals surface area contributed by atoms with Gasteiger partial charge >= 0.3 is 5.97 Å². The molecule has 126 valence electrons. The molecule has 2 unspecified atom stereocenters. The number of methoxy groups -OCH3 is 1. The van der Waals surface area contributed by atoms with Gasteiger partial charge in [0, 0.05) is 6.42 Å². The van der Waals surface area contributed by atoms with Crippen molar-refractivity contribution in [1.29, 1.82) is 0 Å². The van der Waals surface area contributed by atoms with Gasteiger partial charge in [-0.25, -0.2) is 0 Å². The fraction of sp³-hybridized carbons (Fsp3) is 0.737. The van der Waals surface area contributed by atoms with E-state index in [1.54, 1.807) is 0 Å². The van der Waals surface area contributed by atoms with Gasteiger partial charge in [-0.05, 0) is 32.1 Å². The molecule has 1 rings (SSSR count). The van der Waals surface area contributed by atoms with E-state index in [2.05, 4.69) is 36.0 Å². The Hall–Kier alpha value is -1.09. The van der Waals surface area contributed by atoms with Crippen molar-refractivity contribution >= 4 is 5.97 Å². The van der Waals surface area contributed by atoms with Gasteiger partial charge in [0.05, 0.1) is 19.3 Å². The monoisotopic (exact) mass is 308 g/mol. The van der Waals surface area contributed by atoms with Crippen molar-refractivity contribution in [2.75, 3.05) is 7.11 Å². The van der Waals surface area contributed by atoms with E-state index in [4.69, 9.17) is 4.74 Å². The number of hydrogen-bond acceptors (Lipinski definition) is 3. The van der Waals surface area contributed by atoms with Crippen LogP contribution in [0.2, 0.25) is 0 Å². The minimum atomic E-state index is -0.0903. The van der Waals surface area contributed by atoms with Gasteiger partial charge in [-0.1, -0.05) is 56.9 Å². The van der Waals surface area contributed by atoms with E-state index in [0.29, 0.717) is 18.6 Å². The first-order valence-electron chi connectivity index (χ1n) is 8.80. The quantitative estimate of drug-likeness (QED) is 0.209. The highest BCUT2D eigenvalue weighted by Gasteiger charge is 2.36.